The number of piperazine rings is 1. The normalized spacial score (nSPS) is 25.4. The first kappa shape index (κ1) is 9.75. The number of allylic oxidation sites excluding steroid dienone is 1. The fourth-order valence-electron chi connectivity index (χ4n) is 1.45. The molecule has 1 aliphatic heterocycles. The van der Waals surface area contributed by atoms with Crippen LogP contribution in [0, 0.1) is 0 Å². The van der Waals surface area contributed by atoms with Crippen LogP contribution in [0.5, 0.6) is 0 Å². The van der Waals surface area contributed by atoms with Gasteiger partial charge in [0, 0.05) is 32.2 Å². The maximum absolute atomic E-state index is 3.39. The molecular formula is C10H20N2. The Hall–Kier alpha value is -0.340. The van der Waals surface area contributed by atoms with Crippen molar-refractivity contribution in [1.29, 1.82) is 0 Å². The van der Waals surface area contributed by atoms with Crippen molar-refractivity contribution in [3.05, 3.63) is 11.6 Å². The van der Waals surface area contributed by atoms with Crippen LogP contribution < -0.4 is 5.32 Å². The van der Waals surface area contributed by atoms with Crippen LogP contribution in [0.15, 0.2) is 11.6 Å². The quantitative estimate of drug-likeness (QED) is 0.624. The second-order valence-corrected chi connectivity index (χ2v) is 3.83. The van der Waals surface area contributed by atoms with Crippen molar-refractivity contribution in [1.82, 2.24) is 10.2 Å². The minimum atomic E-state index is 0.689. The van der Waals surface area contributed by atoms with E-state index in [4.69, 9.17) is 0 Å². The van der Waals surface area contributed by atoms with E-state index in [1.165, 1.54) is 12.1 Å². The number of hydrogen-bond donors (Lipinski definition) is 1. The molecular weight excluding hydrogens is 148 g/mol. The smallest absolute Gasteiger partial charge is 0.0196 e. The Morgan fingerprint density at radius 1 is 1.58 bits per heavy atom. The number of nitrogens with one attached hydrogen (secondary N) is 1. The van der Waals surface area contributed by atoms with Crippen LogP contribution in [0.1, 0.15) is 20.8 Å². The standard InChI is InChI=1S/C10H20N2/c1-9(2)4-6-12-7-5-11-8-10(12)3/h4,10-11H,5-8H2,1-3H3. The Bertz CT molecular complexity index is 159. The number of hydrogen-bond acceptors (Lipinski definition) is 2. The van der Waals surface area contributed by atoms with E-state index < -0.39 is 0 Å². The maximum Gasteiger partial charge on any atom is 0.0196 e. The van der Waals surface area contributed by atoms with Crippen molar-refractivity contribution in [2.24, 2.45) is 0 Å². The van der Waals surface area contributed by atoms with Crippen LogP contribution in [0.25, 0.3) is 0 Å². The minimum absolute atomic E-state index is 0.689. The number of rotatable bonds is 2. The van der Waals surface area contributed by atoms with Gasteiger partial charge < -0.3 is 5.32 Å². The average molecular weight is 168 g/mol. The zero-order chi connectivity index (χ0) is 8.97. The van der Waals surface area contributed by atoms with Crippen LogP contribution in [0.4, 0.5) is 0 Å². The summed E-state index contributed by atoms with van der Waals surface area (Å²) in [6.07, 6.45) is 2.31. The molecule has 0 spiro atoms. The fraction of sp³-hybridized carbons (Fsp3) is 0.800. The highest BCUT2D eigenvalue weighted by Crippen LogP contribution is 2.02. The zero-order valence-corrected chi connectivity index (χ0v) is 8.43. The van der Waals surface area contributed by atoms with Gasteiger partial charge in [-0.1, -0.05) is 11.6 Å². The molecule has 1 fully saturated rings. The molecule has 2 nitrogen and oxygen atoms in total. The van der Waals surface area contributed by atoms with Crippen molar-refractivity contribution in [3.8, 4) is 0 Å². The molecule has 1 atom stereocenters. The van der Waals surface area contributed by atoms with Gasteiger partial charge in [-0.3, -0.25) is 4.90 Å². The van der Waals surface area contributed by atoms with Gasteiger partial charge in [-0.25, -0.2) is 0 Å². The molecule has 0 aliphatic carbocycles. The number of nitrogens with zero attached hydrogens (tertiary/aromatic N) is 1. The molecule has 0 aromatic carbocycles. The largest absolute Gasteiger partial charge is 0.314 e. The van der Waals surface area contributed by atoms with Gasteiger partial charge >= 0.3 is 0 Å². The summed E-state index contributed by atoms with van der Waals surface area (Å²) in [5.74, 6) is 0. The molecule has 12 heavy (non-hydrogen) atoms. The molecule has 1 rings (SSSR count). The Labute approximate surface area is 75.6 Å². The molecule has 1 unspecified atom stereocenters. The van der Waals surface area contributed by atoms with Crippen LogP contribution in [-0.2, 0) is 0 Å². The molecule has 0 bridgehead atoms. The highest BCUT2D eigenvalue weighted by Gasteiger charge is 2.15. The minimum Gasteiger partial charge on any atom is -0.314 e. The monoisotopic (exact) mass is 168 g/mol. The van der Waals surface area contributed by atoms with E-state index >= 15 is 0 Å². The zero-order valence-electron chi connectivity index (χ0n) is 8.43. The average Bonchev–Trinajstić information content (AvgIpc) is 2.03. The van der Waals surface area contributed by atoms with Gasteiger partial charge in [-0.2, -0.15) is 0 Å². The summed E-state index contributed by atoms with van der Waals surface area (Å²) < 4.78 is 0. The first-order valence-corrected chi connectivity index (χ1v) is 4.78. The topological polar surface area (TPSA) is 15.3 Å². The molecule has 1 aliphatic rings. The Kier molecular flexibility index (Phi) is 3.76. The first-order chi connectivity index (χ1) is 5.70. The maximum atomic E-state index is 3.39. The molecule has 1 N–H and O–H groups in total. The molecule has 0 aromatic rings. The highest BCUT2D eigenvalue weighted by atomic mass is 15.2. The summed E-state index contributed by atoms with van der Waals surface area (Å²) in [6, 6.07) is 0.689. The molecule has 70 valence electrons. The van der Waals surface area contributed by atoms with Crippen LogP contribution in [-0.4, -0.2) is 37.1 Å². The molecule has 1 saturated heterocycles. The third-order valence-electron chi connectivity index (χ3n) is 2.37. The molecule has 0 saturated carbocycles. The van der Waals surface area contributed by atoms with Crippen molar-refractivity contribution in [3.63, 3.8) is 0 Å². The van der Waals surface area contributed by atoms with E-state index in [-0.39, 0.29) is 0 Å². The van der Waals surface area contributed by atoms with Gasteiger partial charge in [0.15, 0.2) is 0 Å². The van der Waals surface area contributed by atoms with Crippen molar-refractivity contribution in [2.45, 2.75) is 26.8 Å². The van der Waals surface area contributed by atoms with Gasteiger partial charge in [0.25, 0.3) is 0 Å². The second kappa shape index (κ2) is 4.63. The molecule has 0 aromatic heterocycles. The Morgan fingerprint density at radius 2 is 2.33 bits per heavy atom. The third-order valence-corrected chi connectivity index (χ3v) is 2.37. The van der Waals surface area contributed by atoms with Gasteiger partial charge in [-0.15, -0.1) is 0 Å². The van der Waals surface area contributed by atoms with Gasteiger partial charge in [-0.05, 0) is 20.8 Å². The summed E-state index contributed by atoms with van der Waals surface area (Å²) in [5.41, 5.74) is 1.42. The van der Waals surface area contributed by atoms with E-state index in [0.29, 0.717) is 6.04 Å². The lowest BCUT2D eigenvalue weighted by Crippen LogP contribution is -2.49. The molecule has 0 radical (unpaired) electrons. The highest BCUT2D eigenvalue weighted by molar-refractivity contribution is 4.96. The van der Waals surface area contributed by atoms with E-state index in [9.17, 15) is 0 Å². The molecule has 0 amide bonds. The molecule has 2 heteroatoms. The fourth-order valence-corrected chi connectivity index (χ4v) is 1.45. The summed E-state index contributed by atoms with van der Waals surface area (Å²) in [6.45, 7) is 11.2. The summed E-state index contributed by atoms with van der Waals surface area (Å²) in [7, 11) is 0. The molecule has 1 heterocycles. The first-order valence-electron chi connectivity index (χ1n) is 4.78. The summed E-state index contributed by atoms with van der Waals surface area (Å²) in [5, 5.41) is 3.39. The van der Waals surface area contributed by atoms with Crippen LogP contribution in [0.3, 0.4) is 0 Å². The second-order valence-electron chi connectivity index (χ2n) is 3.83. The van der Waals surface area contributed by atoms with E-state index in [1.807, 2.05) is 0 Å². The van der Waals surface area contributed by atoms with E-state index in [0.717, 1.165) is 19.6 Å². The predicted molar refractivity (Wildman–Crippen MR) is 53.3 cm³/mol. The van der Waals surface area contributed by atoms with Gasteiger partial charge in [0.2, 0.25) is 0 Å². The summed E-state index contributed by atoms with van der Waals surface area (Å²) in [4.78, 5) is 2.52. The Balaban J connectivity index is 2.34. The van der Waals surface area contributed by atoms with Gasteiger partial charge in [0.1, 0.15) is 0 Å². The van der Waals surface area contributed by atoms with Crippen molar-refractivity contribution >= 4 is 0 Å². The van der Waals surface area contributed by atoms with E-state index in [2.05, 4.69) is 37.1 Å². The Morgan fingerprint density at radius 3 is 2.92 bits per heavy atom. The van der Waals surface area contributed by atoms with Crippen LogP contribution >= 0.6 is 0 Å². The van der Waals surface area contributed by atoms with E-state index in [1.54, 1.807) is 0 Å². The lowest BCUT2D eigenvalue weighted by Gasteiger charge is -2.33. The lowest BCUT2D eigenvalue weighted by atomic mass is 10.2. The van der Waals surface area contributed by atoms with Crippen molar-refractivity contribution in [2.75, 3.05) is 26.2 Å². The van der Waals surface area contributed by atoms with Gasteiger partial charge in [0.05, 0.1) is 0 Å². The predicted octanol–water partition coefficient (Wildman–Crippen LogP) is 1.25. The van der Waals surface area contributed by atoms with Crippen molar-refractivity contribution < 1.29 is 0 Å². The SMILES string of the molecule is CC(C)=CCN1CCNCC1C. The lowest BCUT2D eigenvalue weighted by molar-refractivity contribution is 0.192. The van der Waals surface area contributed by atoms with Crippen LogP contribution in [0.2, 0.25) is 0 Å². The third kappa shape index (κ3) is 2.95. The summed E-state index contributed by atoms with van der Waals surface area (Å²) >= 11 is 0.